The van der Waals surface area contributed by atoms with Crippen LogP contribution in [0.4, 0.5) is 15.3 Å². The molecule has 1 fully saturated rings. The van der Waals surface area contributed by atoms with Gasteiger partial charge in [0.1, 0.15) is 31.3 Å². The van der Waals surface area contributed by atoms with Crippen LogP contribution in [0.3, 0.4) is 0 Å². The Labute approximate surface area is 488 Å². The number of hydrogen-bond acceptors (Lipinski definition) is 20. The Morgan fingerprint density at radius 1 is 0.791 bits per heavy atom. The van der Waals surface area contributed by atoms with Gasteiger partial charge in [-0.25, -0.2) is 24.2 Å². The molecule has 0 radical (unpaired) electrons. The van der Waals surface area contributed by atoms with Crippen molar-refractivity contribution < 1.29 is 91.2 Å². The van der Waals surface area contributed by atoms with E-state index in [1.165, 1.54) is 22.8 Å². The van der Waals surface area contributed by atoms with Gasteiger partial charge < -0.3 is 73.4 Å². The number of carboxylic acids is 1. The van der Waals surface area contributed by atoms with Crippen LogP contribution >= 0.6 is 0 Å². The number of nitrogens with zero attached hydrogens (tertiary/aromatic N) is 2. The second-order valence-corrected chi connectivity index (χ2v) is 21.0. The number of benzene rings is 4. The van der Waals surface area contributed by atoms with Crippen molar-refractivity contribution in [1.29, 1.82) is 0 Å². The summed E-state index contributed by atoms with van der Waals surface area (Å²) < 4.78 is 52.0. The smallest absolute Gasteiger partial charge is 0.407 e. The minimum Gasteiger partial charge on any atom is -0.493 e. The number of carbonyl (C=O) groups excluding carboxylic acids is 7. The molecule has 4 aromatic carbocycles. The maximum absolute atomic E-state index is 14.1. The van der Waals surface area contributed by atoms with E-state index in [0.717, 1.165) is 48.6 Å². The highest BCUT2D eigenvalue weighted by molar-refractivity contribution is 5.93. The summed E-state index contributed by atoms with van der Waals surface area (Å²) in [5.41, 5.74) is 5.32. The number of fused-ring (bicyclic) bond motifs is 9. The van der Waals surface area contributed by atoms with E-state index in [1.54, 1.807) is 19.1 Å². The lowest BCUT2D eigenvalue weighted by Crippen LogP contribution is -2.64. The van der Waals surface area contributed by atoms with E-state index in [1.807, 2.05) is 54.6 Å². The highest BCUT2D eigenvalue weighted by atomic mass is 16.7. The molecule has 5 aliphatic rings. The first kappa shape index (κ1) is 57.9. The summed E-state index contributed by atoms with van der Waals surface area (Å²) in [5, 5.41) is 30.5. The summed E-state index contributed by atoms with van der Waals surface area (Å²) in [7, 11) is 0. The van der Waals surface area contributed by atoms with E-state index in [4.69, 9.17) is 47.6 Å². The molecule has 0 unspecified atom stereocenters. The lowest BCUT2D eigenvalue weighted by atomic mass is 9.86. The Kier molecular flexibility index (Phi) is 15.9. The molecule has 0 spiro atoms. The van der Waals surface area contributed by atoms with Crippen molar-refractivity contribution in [2.75, 3.05) is 25.1 Å². The van der Waals surface area contributed by atoms with E-state index in [0.29, 0.717) is 52.2 Å². The third-order valence-corrected chi connectivity index (χ3v) is 15.6. The Morgan fingerprint density at radius 3 is 2.17 bits per heavy atom. The molecule has 11 rings (SSSR count). The van der Waals surface area contributed by atoms with E-state index < -0.39 is 96.4 Å². The Balaban J connectivity index is 0.830. The normalized spacial score (nSPS) is 20.2. The number of anilines is 1. The van der Waals surface area contributed by atoms with Crippen LogP contribution in [-0.2, 0) is 100 Å². The summed E-state index contributed by atoms with van der Waals surface area (Å²) >= 11 is 0. The van der Waals surface area contributed by atoms with Gasteiger partial charge in [0.2, 0.25) is 18.3 Å². The van der Waals surface area contributed by atoms with Crippen LogP contribution in [0.2, 0.25) is 0 Å². The second kappa shape index (κ2) is 23.6. The van der Waals surface area contributed by atoms with Crippen molar-refractivity contribution in [1.82, 2.24) is 20.2 Å². The molecule has 3 amide bonds. The Bertz CT molecular complexity index is 3830. The molecule has 446 valence electrons. The maximum Gasteiger partial charge on any atom is 0.407 e. The van der Waals surface area contributed by atoms with Crippen molar-refractivity contribution in [2.45, 2.75) is 115 Å². The zero-order chi connectivity index (χ0) is 60.7. The number of amides is 3. The molecular formula is C61H57N5O20. The average molecular weight is 1180 g/mol. The van der Waals surface area contributed by atoms with Crippen molar-refractivity contribution in [3.8, 4) is 34.0 Å². The molecule has 1 aliphatic carbocycles. The number of rotatable bonds is 17. The van der Waals surface area contributed by atoms with E-state index in [9.17, 15) is 53.4 Å². The topological polar surface area (TPSA) is 331 Å². The first-order valence-corrected chi connectivity index (χ1v) is 27.6. The van der Waals surface area contributed by atoms with Crippen molar-refractivity contribution in [2.24, 2.45) is 0 Å². The zero-order valence-electron chi connectivity index (χ0n) is 46.8. The molecular weight excluding hydrogens is 1120 g/mol. The van der Waals surface area contributed by atoms with Crippen molar-refractivity contribution >= 4 is 64.5 Å². The molecule has 2 aromatic heterocycles. The minimum absolute atomic E-state index is 0.0196. The number of pyridine rings is 2. The number of aliphatic hydroxyl groups is 1. The third-order valence-electron chi connectivity index (χ3n) is 15.6. The Morgan fingerprint density at radius 2 is 1.48 bits per heavy atom. The fourth-order valence-corrected chi connectivity index (χ4v) is 11.6. The molecule has 25 nitrogen and oxygen atoms in total. The van der Waals surface area contributed by atoms with Crippen LogP contribution in [0.15, 0.2) is 89.7 Å². The van der Waals surface area contributed by atoms with Crippen LogP contribution in [-0.4, -0.2) is 118 Å². The van der Waals surface area contributed by atoms with E-state index in [-0.39, 0.29) is 79.7 Å². The van der Waals surface area contributed by atoms with Gasteiger partial charge in [0.15, 0.2) is 23.9 Å². The lowest BCUT2D eigenvalue weighted by Gasteiger charge is -2.42. The van der Waals surface area contributed by atoms with Crippen LogP contribution in [0.1, 0.15) is 91.0 Å². The summed E-state index contributed by atoms with van der Waals surface area (Å²) in [6.45, 7) is 3.99. The molecule has 6 aromatic rings. The van der Waals surface area contributed by atoms with Crippen LogP contribution < -0.4 is 31.0 Å². The van der Waals surface area contributed by atoms with Gasteiger partial charge in [-0.3, -0.25) is 24.0 Å². The van der Waals surface area contributed by atoms with Crippen LogP contribution in [0, 0.1) is 0 Å². The standard InChI is InChI=1S/C61H57N5O20/c1-5-61(77)43-22-46-50-40(25-66(46)55(71)42(43)28-79-58(61)74)39(38-21-33-17-19-78-48(33)23-44(38)65-50)24-63-60(76)80-26-32-14-15-47(85-57-54(84-31(4)69)52(83-30(3)68)51(82-29(2)67)53(86-57)56(72)73)45(20-32)64-49(70)16-18-62-59(75)81-27-41-36-12-8-6-10-34(36)35-11-7-9-13-37(35)41/h6-15,20-23,41,51-54,57,77H,5,16-19,24-28H2,1-4H3,(H,62,75)(H,63,76)(H,64,70)(H,72,73)/t51-,52-,53-,54+,57+,61-/m0/s1. The predicted octanol–water partition coefficient (Wildman–Crippen LogP) is 5.29. The number of ether oxygens (including phenoxy) is 9. The average Bonchev–Trinajstić information content (AvgIpc) is 1.50. The largest absolute Gasteiger partial charge is 0.493 e. The predicted molar refractivity (Wildman–Crippen MR) is 297 cm³/mol. The van der Waals surface area contributed by atoms with Gasteiger partial charge in [0.25, 0.3) is 5.56 Å². The number of aromatic nitrogens is 2. The van der Waals surface area contributed by atoms with Gasteiger partial charge in [-0.15, -0.1) is 0 Å². The lowest BCUT2D eigenvalue weighted by molar-refractivity contribution is -0.281. The molecule has 6 heterocycles. The SMILES string of the molecule is CC[C@@]1(O)C(=O)OCc2c1cc1n(c2=O)Cc2c-1nc1cc3c(cc1c2CNC(=O)OCc1ccc(O[C@@H]2O[C@H](C(=O)O)[C@@H](OC(C)=O)[C@H](OC(C)=O)[C@H]2OC(C)=O)c(NC(=O)CCNC(=O)OCC2c4ccccc4-c4ccccc42)c1)CCO3. The summed E-state index contributed by atoms with van der Waals surface area (Å²) in [4.78, 5) is 122. The first-order valence-electron chi connectivity index (χ1n) is 27.6. The highest BCUT2D eigenvalue weighted by Crippen LogP contribution is 2.45. The van der Waals surface area contributed by atoms with Gasteiger partial charge >= 0.3 is 42.0 Å². The fourth-order valence-electron chi connectivity index (χ4n) is 11.6. The van der Waals surface area contributed by atoms with Crippen molar-refractivity contribution in [3.63, 3.8) is 0 Å². The first-order chi connectivity index (χ1) is 41.3. The summed E-state index contributed by atoms with van der Waals surface area (Å²) in [6.07, 6.45) is -10.8. The van der Waals surface area contributed by atoms with Crippen LogP contribution in [0.25, 0.3) is 33.4 Å². The fraction of sp³-hybridized carbons (Fsp3) is 0.344. The number of esters is 4. The number of nitrogens with one attached hydrogen (secondary N) is 3. The van der Waals surface area contributed by atoms with Crippen molar-refractivity contribution in [3.05, 3.63) is 140 Å². The highest BCUT2D eigenvalue weighted by Gasteiger charge is 2.56. The quantitative estimate of drug-likeness (QED) is 0.0571. The molecule has 4 aliphatic heterocycles. The minimum atomic E-state index is -2.06. The third kappa shape index (κ3) is 11.2. The molecule has 0 bridgehead atoms. The maximum atomic E-state index is 14.1. The van der Waals surface area contributed by atoms with Gasteiger partial charge in [0, 0.05) is 75.2 Å². The molecule has 25 heteroatoms. The Hall–Kier alpha value is -9.88. The number of carbonyl (C=O) groups is 8. The molecule has 6 atom stereocenters. The number of aliphatic carboxylic acids is 1. The van der Waals surface area contributed by atoms with E-state index >= 15 is 0 Å². The van der Waals surface area contributed by atoms with E-state index in [2.05, 4.69) is 16.0 Å². The molecule has 0 saturated carbocycles. The van der Waals surface area contributed by atoms with Gasteiger partial charge in [-0.1, -0.05) is 61.5 Å². The zero-order valence-corrected chi connectivity index (χ0v) is 46.8. The molecule has 86 heavy (non-hydrogen) atoms. The molecule has 5 N–H and O–H groups in total. The van der Waals surface area contributed by atoms with Crippen LogP contribution in [0.5, 0.6) is 11.5 Å². The van der Waals surface area contributed by atoms with Gasteiger partial charge in [-0.05, 0) is 69.6 Å². The summed E-state index contributed by atoms with van der Waals surface area (Å²) in [6, 6.07) is 25.0. The number of alkyl carbamates (subject to hydrolysis) is 2. The number of cyclic esters (lactones) is 1. The number of hydrogen-bond donors (Lipinski definition) is 5. The summed E-state index contributed by atoms with van der Waals surface area (Å²) in [5.74, 6) is -5.97. The van der Waals surface area contributed by atoms with Gasteiger partial charge in [-0.2, -0.15) is 0 Å². The monoisotopic (exact) mass is 1180 g/mol. The number of carboxylic acid groups (broad SMARTS) is 1. The second-order valence-electron chi connectivity index (χ2n) is 21.0. The molecule has 1 saturated heterocycles. The van der Waals surface area contributed by atoms with Gasteiger partial charge in [0.05, 0.1) is 41.3 Å².